The first kappa shape index (κ1) is 11.4. The molecule has 1 N–H and O–H groups in total. The van der Waals surface area contributed by atoms with E-state index >= 15 is 0 Å². The fourth-order valence-electron chi connectivity index (χ4n) is 1.68. The van der Waals surface area contributed by atoms with Gasteiger partial charge in [0.1, 0.15) is 0 Å². The van der Waals surface area contributed by atoms with Crippen LogP contribution < -0.4 is 0 Å². The Morgan fingerprint density at radius 2 is 2.29 bits per heavy atom. The molecule has 1 aromatic rings. The van der Waals surface area contributed by atoms with Gasteiger partial charge < -0.3 is 9.64 Å². The van der Waals surface area contributed by atoms with E-state index in [-0.39, 0.29) is 0 Å². The number of aromatic amines is 1. The van der Waals surface area contributed by atoms with Crippen LogP contribution in [0.3, 0.4) is 0 Å². The van der Waals surface area contributed by atoms with Crippen LogP contribution in [0.1, 0.15) is 26.0 Å². The predicted octanol–water partition coefficient (Wildman–Crippen LogP) is 3.00. The van der Waals surface area contributed by atoms with Gasteiger partial charge in [0.15, 0.2) is 0 Å². The van der Waals surface area contributed by atoms with Crippen molar-refractivity contribution in [2.45, 2.75) is 39.3 Å². The number of hydrogen-bond acceptors (Lipinski definition) is 1. The van der Waals surface area contributed by atoms with E-state index in [9.17, 15) is 0 Å². The molecule has 0 aromatic carbocycles. The van der Waals surface area contributed by atoms with Gasteiger partial charge in [-0.1, -0.05) is 19.7 Å². The Hall–Kier alpha value is -0.695. The van der Waals surface area contributed by atoms with E-state index in [1.807, 2.05) is 6.20 Å². The zero-order valence-electron chi connectivity index (χ0n) is 9.25. The molecule has 0 amide bonds. The largest absolute Gasteiger partial charge is 0.436 e. The smallest absolute Gasteiger partial charge is 0.292 e. The lowest BCUT2D eigenvalue weighted by molar-refractivity contribution is 0.341. The second-order valence-corrected chi connectivity index (χ2v) is 3.57. The Balaban J connectivity index is 2.13. The fraction of sp³-hybridized carbons (Fsp3) is 0.636. The molecule has 0 saturated heterocycles. The molecule has 1 aromatic heterocycles. The molecule has 14 heavy (non-hydrogen) atoms. The Labute approximate surface area is 87.2 Å². The van der Waals surface area contributed by atoms with Crippen molar-refractivity contribution in [2.75, 3.05) is 6.61 Å². The minimum Gasteiger partial charge on any atom is -0.436 e. The highest BCUT2D eigenvalue weighted by molar-refractivity contribution is 6.51. The van der Waals surface area contributed by atoms with Gasteiger partial charge in [-0.2, -0.15) is 0 Å². The molecule has 0 fully saturated rings. The van der Waals surface area contributed by atoms with Crippen LogP contribution in [0.15, 0.2) is 18.3 Å². The summed E-state index contributed by atoms with van der Waals surface area (Å²) in [5.41, 5.74) is 1.33. The zero-order valence-corrected chi connectivity index (χ0v) is 9.25. The van der Waals surface area contributed by atoms with Crippen molar-refractivity contribution in [3.63, 3.8) is 0 Å². The first-order valence-corrected chi connectivity index (χ1v) is 5.60. The van der Waals surface area contributed by atoms with Crippen LogP contribution in [0.2, 0.25) is 12.6 Å². The maximum absolute atomic E-state index is 5.60. The number of H-pyrrole nitrogens is 1. The van der Waals surface area contributed by atoms with Crippen molar-refractivity contribution >= 4 is 6.92 Å². The molecule has 0 bridgehead atoms. The molecular weight excluding hydrogens is 173 g/mol. The Bertz CT molecular complexity index is 223. The highest BCUT2D eigenvalue weighted by Gasteiger charge is 2.11. The second kappa shape index (κ2) is 6.71. The predicted molar refractivity (Wildman–Crippen MR) is 61.8 cm³/mol. The summed E-state index contributed by atoms with van der Waals surface area (Å²) in [4.78, 5) is 3.22. The molecule has 0 aliphatic carbocycles. The van der Waals surface area contributed by atoms with Gasteiger partial charge in [-0.15, -0.1) is 0 Å². The second-order valence-electron chi connectivity index (χ2n) is 3.57. The quantitative estimate of drug-likeness (QED) is 0.661. The maximum atomic E-state index is 5.60. The van der Waals surface area contributed by atoms with E-state index < -0.39 is 0 Å². The number of aromatic nitrogens is 1. The van der Waals surface area contributed by atoms with E-state index in [4.69, 9.17) is 4.65 Å². The molecule has 1 heterocycles. The highest BCUT2D eigenvalue weighted by atomic mass is 16.4. The van der Waals surface area contributed by atoms with E-state index in [0.717, 1.165) is 19.3 Å². The van der Waals surface area contributed by atoms with E-state index in [2.05, 4.69) is 31.0 Å². The molecular formula is C11H20BNO. The average Bonchev–Trinajstić information content (AvgIpc) is 2.69. The normalized spacial score (nSPS) is 10.4. The third kappa shape index (κ3) is 4.01. The summed E-state index contributed by atoms with van der Waals surface area (Å²) in [5, 5.41) is 0. The van der Waals surface area contributed by atoms with Gasteiger partial charge in [-0.05, 0) is 31.8 Å². The lowest BCUT2D eigenvalue weighted by Gasteiger charge is -2.09. The highest BCUT2D eigenvalue weighted by Crippen LogP contribution is 2.08. The number of nitrogens with one attached hydrogen (secondary N) is 1. The number of hydrogen-bond donors (Lipinski definition) is 1. The topological polar surface area (TPSA) is 25.0 Å². The zero-order chi connectivity index (χ0) is 10.2. The molecule has 0 aliphatic rings. The van der Waals surface area contributed by atoms with Crippen molar-refractivity contribution < 1.29 is 4.65 Å². The lowest BCUT2D eigenvalue weighted by Crippen LogP contribution is -2.16. The minimum absolute atomic E-state index is 0.454. The van der Waals surface area contributed by atoms with Gasteiger partial charge in [-0.25, -0.2) is 0 Å². The van der Waals surface area contributed by atoms with Crippen LogP contribution in [-0.2, 0) is 11.1 Å². The molecule has 2 nitrogen and oxygen atoms in total. The van der Waals surface area contributed by atoms with Crippen LogP contribution >= 0.6 is 0 Å². The summed E-state index contributed by atoms with van der Waals surface area (Å²) in [7, 11) is 0. The average molecular weight is 193 g/mol. The molecule has 0 unspecified atom stereocenters. The minimum atomic E-state index is 0.454. The summed E-state index contributed by atoms with van der Waals surface area (Å²) >= 11 is 0. The first-order valence-electron chi connectivity index (χ1n) is 5.60. The van der Waals surface area contributed by atoms with Gasteiger partial charge >= 0.3 is 0 Å². The maximum Gasteiger partial charge on any atom is 0.292 e. The molecule has 0 saturated carbocycles. The van der Waals surface area contributed by atoms with Crippen molar-refractivity contribution in [3.05, 3.63) is 24.0 Å². The van der Waals surface area contributed by atoms with Crippen molar-refractivity contribution in [1.82, 2.24) is 4.98 Å². The summed E-state index contributed by atoms with van der Waals surface area (Å²) in [6.45, 7) is 5.54. The number of rotatable bonds is 7. The van der Waals surface area contributed by atoms with Gasteiger partial charge in [0, 0.05) is 18.5 Å². The summed E-state index contributed by atoms with van der Waals surface area (Å²) in [6.07, 6.45) is 6.62. The van der Waals surface area contributed by atoms with Crippen LogP contribution in [0.5, 0.6) is 0 Å². The summed E-state index contributed by atoms with van der Waals surface area (Å²) < 4.78 is 5.60. The molecule has 1 rings (SSSR count). The van der Waals surface area contributed by atoms with Crippen LogP contribution in [0.25, 0.3) is 0 Å². The molecule has 78 valence electrons. The molecule has 0 spiro atoms. The Morgan fingerprint density at radius 1 is 1.43 bits per heavy atom. The third-order valence-electron chi connectivity index (χ3n) is 2.49. The van der Waals surface area contributed by atoms with E-state index in [1.165, 1.54) is 18.4 Å². The SMILES string of the molecule is CCOB(CC)CCCc1ccc[nH]1. The standard InChI is InChI=1S/C11H20BNO/c1-3-12(14-4-2)9-5-7-11-8-6-10-13-11/h6,8,10,13H,3-5,7,9H2,1-2H3. The van der Waals surface area contributed by atoms with Crippen molar-refractivity contribution in [2.24, 2.45) is 0 Å². The number of aryl methyl sites for hydroxylation is 1. The van der Waals surface area contributed by atoms with Crippen LogP contribution in [0.4, 0.5) is 0 Å². The van der Waals surface area contributed by atoms with Gasteiger partial charge in [0.2, 0.25) is 0 Å². The van der Waals surface area contributed by atoms with Gasteiger partial charge in [-0.3, -0.25) is 0 Å². The summed E-state index contributed by atoms with van der Waals surface area (Å²) in [6, 6.07) is 4.19. The first-order chi connectivity index (χ1) is 6.86. The van der Waals surface area contributed by atoms with Crippen LogP contribution in [0, 0.1) is 0 Å². The van der Waals surface area contributed by atoms with Gasteiger partial charge in [0.05, 0.1) is 0 Å². The fourth-order valence-corrected chi connectivity index (χ4v) is 1.68. The van der Waals surface area contributed by atoms with E-state index in [0.29, 0.717) is 6.92 Å². The Morgan fingerprint density at radius 3 is 2.86 bits per heavy atom. The van der Waals surface area contributed by atoms with Crippen molar-refractivity contribution in [1.29, 1.82) is 0 Å². The van der Waals surface area contributed by atoms with Crippen LogP contribution in [-0.4, -0.2) is 18.5 Å². The molecule has 0 aliphatic heterocycles. The lowest BCUT2D eigenvalue weighted by atomic mass is 9.61. The van der Waals surface area contributed by atoms with Gasteiger partial charge in [0.25, 0.3) is 6.92 Å². The molecule has 3 heteroatoms. The third-order valence-corrected chi connectivity index (χ3v) is 2.49. The molecule has 0 radical (unpaired) electrons. The monoisotopic (exact) mass is 193 g/mol. The summed E-state index contributed by atoms with van der Waals surface area (Å²) in [5.74, 6) is 0. The Kier molecular flexibility index (Phi) is 5.46. The molecule has 0 atom stereocenters. The van der Waals surface area contributed by atoms with E-state index in [1.54, 1.807) is 0 Å². The van der Waals surface area contributed by atoms with Crippen molar-refractivity contribution in [3.8, 4) is 0 Å².